The third-order valence-electron chi connectivity index (χ3n) is 2.36. The lowest BCUT2D eigenvalue weighted by atomic mass is 10.2. The fourth-order valence-corrected chi connectivity index (χ4v) is 1.94. The number of rotatable bonds is 6. The first-order valence-corrected chi connectivity index (χ1v) is 7.06. The van der Waals surface area contributed by atoms with E-state index in [4.69, 9.17) is 5.14 Å². The number of benzene rings is 1. The lowest BCUT2D eigenvalue weighted by Gasteiger charge is -2.08. The van der Waals surface area contributed by atoms with Gasteiger partial charge in [0, 0.05) is 6.54 Å². The molecule has 17 heavy (non-hydrogen) atoms. The van der Waals surface area contributed by atoms with E-state index in [2.05, 4.69) is 12.2 Å². The van der Waals surface area contributed by atoms with Gasteiger partial charge in [0.05, 0.1) is 10.6 Å². The number of hydrogen-bond acceptors (Lipinski definition) is 3. The van der Waals surface area contributed by atoms with Crippen molar-refractivity contribution in [3.63, 3.8) is 0 Å². The lowest BCUT2D eigenvalue weighted by Crippen LogP contribution is -2.13. The van der Waals surface area contributed by atoms with Gasteiger partial charge in [0.2, 0.25) is 10.0 Å². The summed E-state index contributed by atoms with van der Waals surface area (Å²) in [6, 6.07) is 3.61. The molecular weight excluding hydrogens is 243 g/mol. The molecule has 1 rings (SSSR count). The molecule has 3 N–H and O–H groups in total. The summed E-state index contributed by atoms with van der Waals surface area (Å²) in [5.74, 6) is -0.604. The van der Waals surface area contributed by atoms with Crippen molar-refractivity contribution < 1.29 is 12.8 Å². The maximum absolute atomic E-state index is 13.5. The number of halogens is 1. The highest BCUT2D eigenvalue weighted by atomic mass is 32.2. The fourth-order valence-electron chi connectivity index (χ4n) is 1.41. The van der Waals surface area contributed by atoms with Gasteiger partial charge < -0.3 is 5.32 Å². The van der Waals surface area contributed by atoms with Crippen molar-refractivity contribution in [2.45, 2.75) is 31.1 Å². The largest absolute Gasteiger partial charge is 0.383 e. The molecule has 96 valence electrons. The molecule has 0 radical (unpaired) electrons. The molecule has 1 aromatic rings. The molecule has 0 aliphatic rings. The van der Waals surface area contributed by atoms with Crippen molar-refractivity contribution in [2.24, 2.45) is 5.14 Å². The average Bonchev–Trinajstić information content (AvgIpc) is 2.24. The van der Waals surface area contributed by atoms with Gasteiger partial charge in [-0.15, -0.1) is 0 Å². The molecule has 0 heterocycles. The molecule has 0 atom stereocenters. The molecule has 0 saturated carbocycles. The van der Waals surface area contributed by atoms with Gasteiger partial charge >= 0.3 is 0 Å². The Kier molecular flexibility index (Phi) is 4.89. The Bertz CT molecular complexity index is 474. The molecule has 0 fully saturated rings. The smallest absolute Gasteiger partial charge is 0.238 e. The number of nitrogens with one attached hydrogen (secondary N) is 1. The zero-order valence-corrected chi connectivity index (χ0v) is 10.6. The molecule has 6 heteroatoms. The molecule has 0 unspecified atom stereocenters. The van der Waals surface area contributed by atoms with Gasteiger partial charge in [-0.1, -0.05) is 19.8 Å². The lowest BCUT2D eigenvalue weighted by molar-refractivity contribution is 0.592. The van der Waals surface area contributed by atoms with Crippen LogP contribution in [0.15, 0.2) is 23.1 Å². The summed E-state index contributed by atoms with van der Waals surface area (Å²) in [5.41, 5.74) is 0.300. The minimum atomic E-state index is -3.84. The van der Waals surface area contributed by atoms with Crippen LogP contribution in [-0.2, 0) is 10.0 Å². The van der Waals surface area contributed by atoms with Gasteiger partial charge in [-0.05, 0) is 24.6 Å². The molecule has 0 aromatic heterocycles. The molecular formula is C11H17FN2O2S. The van der Waals surface area contributed by atoms with Gasteiger partial charge in [-0.25, -0.2) is 17.9 Å². The quantitative estimate of drug-likeness (QED) is 0.769. The Balaban J connectivity index is 2.70. The second-order valence-electron chi connectivity index (χ2n) is 3.82. The van der Waals surface area contributed by atoms with E-state index < -0.39 is 15.8 Å². The van der Waals surface area contributed by atoms with Crippen molar-refractivity contribution in [3.05, 3.63) is 24.0 Å². The van der Waals surface area contributed by atoms with E-state index in [1.165, 1.54) is 12.1 Å². The van der Waals surface area contributed by atoms with E-state index in [0.717, 1.165) is 25.3 Å². The van der Waals surface area contributed by atoms with Crippen LogP contribution in [-0.4, -0.2) is 15.0 Å². The molecule has 0 bridgehead atoms. The van der Waals surface area contributed by atoms with E-state index in [1.54, 1.807) is 0 Å². The van der Waals surface area contributed by atoms with Crippen LogP contribution < -0.4 is 10.5 Å². The van der Waals surface area contributed by atoms with E-state index in [9.17, 15) is 12.8 Å². The Morgan fingerprint density at radius 3 is 2.59 bits per heavy atom. The number of anilines is 1. The van der Waals surface area contributed by atoms with Crippen molar-refractivity contribution >= 4 is 15.7 Å². The zero-order chi connectivity index (χ0) is 12.9. The molecule has 4 nitrogen and oxygen atoms in total. The fraction of sp³-hybridized carbons (Fsp3) is 0.455. The Labute approximate surface area is 101 Å². The zero-order valence-electron chi connectivity index (χ0n) is 9.74. The molecule has 0 spiro atoms. The van der Waals surface area contributed by atoms with Gasteiger partial charge in [0.1, 0.15) is 5.82 Å². The van der Waals surface area contributed by atoms with Crippen LogP contribution in [0.5, 0.6) is 0 Å². The molecule has 0 aliphatic carbocycles. The number of sulfonamides is 1. The Morgan fingerprint density at radius 1 is 1.35 bits per heavy atom. The first-order chi connectivity index (χ1) is 7.95. The normalized spacial score (nSPS) is 11.5. The summed E-state index contributed by atoms with van der Waals surface area (Å²) in [5, 5.41) is 7.82. The first kappa shape index (κ1) is 13.9. The summed E-state index contributed by atoms with van der Waals surface area (Å²) < 4.78 is 35.5. The van der Waals surface area contributed by atoms with Crippen LogP contribution in [0.2, 0.25) is 0 Å². The van der Waals surface area contributed by atoms with Gasteiger partial charge in [-0.2, -0.15) is 0 Å². The topological polar surface area (TPSA) is 72.2 Å². The highest BCUT2D eigenvalue weighted by molar-refractivity contribution is 7.89. The monoisotopic (exact) mass is 260 g/mol. The molecule has 0 amide bonds. The minimum Gasteiger partial charge on any atom is -0.383 e. The summed E-state index contributed by atoms with van der Waals surface area (Å²) >= 11 is 0. The van der Waals surface area contributed by atoms with Crippen LogP contribution in [0.4, 0.5) is 10.1 Å². The average molecular weight is 260 g/mol. The number of hydrogen-bond donors (Lipinski definition) is 2. The molecule has 0 saturated heterocycles. The van der Waals surface area contributed by atoms with E-state index in [0.29, 0.717) is 12.2 Å². The Hall–Kier alpha value is -1.14. The number of nitrogens with two attached hydrogens (primary N) is 1. The van der Waals surface area contributed by atoms with E-state index >= 15 is 0 Å². The van der Waals surface area contributed by atoms with Gasteiger partial charge in [0.25, 0.3) is 0 Å². The Morgan fingerprint density at radius 2 is 2.06 bits per heavy atom. The molecule has 1 aromatic carbocycles. The van der Waals surface area contributed by atoms with Crippen molar-refractivity contribution in [1.29, 1.82) is 0 Å². The van der Waals surface area contributed by atoms with Crippen molar-refractivity contribution in [3.8, 4) is 0 Å². The van der Waals surface area contributed by atoms with Crippen LogP contribution in [0, 0.1) is 5.82 Å². The van der Waals surface area contributed by atoms with Crippen LogP contribution in [0.3, 0.4) is 0 Å². The predicted octanol–water partition coefficient (Wildman–Crippen LogP) is 2.08. The van der Waals surface area contributed by atoms with Crippen LogP contribution in [0.1, 0.15) is 26.2 Å². The SMILES string of the molecule is CCCCCNc1ccc(S(N)(=O)=O)cc1F. The maximum atomic E-state index is 13.5. The van der Waals surface area contributed by atoms with E-state index in [1.807, 2.05) is 0 Å². The highest BCUT2D eigenvalue weighted by Crippen LogP contribution is 2.18. The number of primary sulfonamides is 1. The summed E-state index contributed by atoms with van der Waals surface area (Å²) in [6.07, 6.45) is 3.12. The maximum Gasteiger partial charge on any atom is 0.238 e. The second-order valence-corrected chi connectivity index (χ2v) is 5.38. The first-order valence-electron chi connectivity index (χ1n) is 5.51. The van der Waals surface area contributed by atoms with Crippen molar-refractivity contribution in [1.82, 2.24) is 0 Å². The molecule has 0 aliphatic heterocycles. The second kappa shape index (κ2) is 5.97. The summed E-state index contributed by atoms with van der Waals surface area (Å²) in [6.45, 7) is 2.75. The summed E-state index contributed by atoms with van der Waals surface area (Å²) in [4.78, 5) is -0.214. The highest BCUT2D eigenvalue weighted by Gasteiger charge is 2.10. The van der Waals surface area contributed by atoms with Gasteiger partial charge in [-0.3, -0.25) is 0 Å². The standard InChI is InChI=1S/C11H17FN2O2S/c1-2-3-4-7-14-11-6-5-9(8-10(11)12)17(13,15)16/h5-6,8,14H,2-4,7H2,1H3,(H2,13,15,16). The van der Waals surface area contributed by atoms with Gasteiger partial charge in [0.15, 0.2) is 0 Å². The minimum absolute atomic E-state index is 0.214. The number of unbranched alkanes of at least 4 members (excludes halogenated alkanes) is 2. The van der Waals surface area contributed by atoms with Crippen LogP contribution in [0.25, 0.3) is 0 Å². The van der Waals surface area contributed by atoms with Crippen LogP contribution >= 0.6 is 0 Å². The predicted molar refractivity (Wildman–Crippen MR) is 65.8 cm³/mol. The summed E-state index contributed by atoms with van der Waals surface area (Å²) in [7, 11) is -3.84. The third-order valence-corrected chi connectivity index (χ3v) is 3.28. The van der Waals surface area contributed by atoms with E-state index in [-0.39, 0.29) is 4.90 Å². The van der Waals surface area contributed by atoms with Crippen molar-refractivity contribution in [2.75, 3.05) is 11.9 Å². The third kappa shape index (κ3) is 4.32.